The van der Waals surface area contributed by atoms with E-state index in [0.29, 0.717) is 21.7 Å². The highest BCUT2D eigenvalue weighted by atomic mass is 35.5. The lowest BCUT2D eigenvalue weighted by Crippen LogP contribution is -2.38. The Kier molecular flexibility index (Phi) is 6.67. The highest BCUT2D eigenvalue weighted by molar-refractivity contribution is 6.65. The Labute approximate surface area is 127 Å². The van der Waals surface area contributed by atoms with Crippen LogP contribution in [0.3, 0.4) is 0 Å². The van der Waals surface area contributed by atoms with Crippen molar-refractivity contribution >= 4 is 31.8 Å². The molecule has 2 nitrogen and oxygen atoms in total. The van der Waals surface area contributed by atoms with Crippen molar-refractivity contribution in [3.05, 3.63) is 28.2 Å². The number of hydrogen-bond acceptors (Lipinski definition) is 2. The summed E-state index contributed by atoms with van der Waals surface area (Å²) in [6.45, 7) is 9.18. The van der Waals surface area contributed by atoms with Gasteiger partial charge in [0.15, 0.2) is 0 Å². The van der Waals surface area contributed by atoms with Crippen molar-refractivity contribution < 1.29 is 8.85 Å². The first-order chi connectivity index (χ1) is 8.80. The third kappa shape index (κ3) is 6.66. The van der Waals surface area contributed by atoms with Crippen LogP contribution in [0.4, 0.5) is 0 Å². The van der Waals surface area contributed by atoms with Crippen LogP contribution in [0.1, 0.15) is 26.7 Å². The van der Waals surface area contributed by atoms with Crippen molar-refractivity contribution in [2.75, 3.05) is 6.61 Å². The molecule has 0 bridgehead atoms. The summed E-state index contributed by atoms with van der Waals surface area (Å²) in [4.78, 5) is 0. The van der Waals surface area contributed by atoms with Crippen LogP contribution in [0, 0.1) is 5.92 Å². The molecule has 0 fully saturated rings. The standard InChI is InChI=1S/C14H22Cl2O2Si/c1-11(2)6-5-9-17-19(3,4)18-14-10-12(15)7-8-13(14)16/h7-8,10-11H,5-6,9H2,1-4H3. The molecule has 1 aromatic rings. The van der Waals surface area contributed by atoms with Crippen LogP contribution in [-0.2, 0) is 4.43 Å². The van der Waals surface area contributed by atoms with E-state index in [2.05, 4.69) is 13.8 Å². The molecule has 1 rings (SSSR count). The number of benzene rings is 1. The molecule has 0 aliphatic carbocycles. The fourth-order valence-corrected chi connectivity index (χ4v) is 3.44. The van der Waals surface area contributed by atoms with Gasteiger partial charge in [0.2, 0.25) is 0 Å². The van der Waals surface area contributed by atoms with Gasteiger partial charge in [0.05, 0.1) is 5.02 Å². The second kappa shape index (κ2) is 7.53. The quantitative estimate of drug-likeness (QED) is 0.486. The topological polar surface area (TPSA) is 18.5 Å². The molecule has 0 saturated heterocycles. The van der Waals surface area contributed by atoms with Gasteiger partial charge in [-0.05, 0) is 50.1 Å². The molecule has 0 aromatic heterocycles. The Hall–Kier alpha value is -0.223. The predicted octanol–water partition coefficient (Wildman–Crippen LogP) is 5.53. The molecule has 0 radical (unpaired) electrons. The third-order valence-electron chi connectivity index (χ3n) is 2.62. The second-order valence-electron chi connectivity index (χ2n) is 5.46. The van der Waals surface area contributed by atoms with Crippen molar-refractivity contribution in [1.29, 1.82) is 0 Å². The summed E-state index contributed by atoms with van der Waals surface area (Å²) in [5.41, 5.74) is 0. The minimum Gasteiger partial charge on any atom is -0.519 e. The summed E-state index contributed by atoms with van der Waals surface area (Å²) < 4.78 is 11.8. The Morgan fingerprint density at radius 2 is 1.89 bits per heavy atom. The zero-order chi connectivity index (χ0) is 14.5. The summed E-state index contributed by atoms with van der Waals surface area (Å²) >= 11 is 12.0. The van der Waals surface area contributed by atoms with Crippen LogP contribution in [0.25, 0.3) is 0 Å². The number of hydrogen-bond donors (Lipinski definition) is 0. The fraction of sp³-hybridized carbons (Fsp3) is 0.571. The van der Waals surface area contributed by atoms with Crippen LogP contribution < -0.4 is 4.43 Å². The Morgan fingerprint density at radius 1 is 1.21 bits per heavy atom. The fourth-order valence-electron chi connectivity index (χ4n) is 1.66. The maximum Gasteiger partial charge on any atom is 0.392 e. The van der Waals surface area contributed by atoms with Gasteiger partial charge in [-0.15, -0.1) is 0 Å². The maximum absolute atomic E-state index is 6.09. The second-order valence-corrected chi connectivity index (χ2v) is 9.60. The van der Waals surface area contributed by atoms with Crippen molar-refractivity contribution in [3.63, 3.8) is 0 Å². The summed E-state index contributed by atoms with van der Waals surface area (Å²) in [6, 6.07) is 5.22. The summed E-state index contributed by atoms with van der Waals surface area (Å²) in [5, 5.41) is 1.18. The minimum atomic E-state index is -2.21. The molecule has 0 aliphatic rings. The molecule has 0 spiro atoms. The molecule has 1 aromatic carbocycles. The van der Waals surface area contributed by atoms with E-state index < -0.39 is 8.56 Å². The van der Waals surface area contributed by atoms with Gasteiger partial charge in [-0.1, -0.05) is 37.0 Å². The van der Waals surface area contributed by atoms with E-state index in [-0.39, 0.29) is 0 Å². The third-order valence-corrected chi connectivity index (χ3v) is 4.78. The van der Waals surface area contributed by atoms with Gasteiger partial charge in [-0.3, -0.25) is 0 Å². The summed E-state index contributed by atoms with van der Waals surface area (Å²) in [5.74, 6) is 1.31. The van der Waals surface area contributed by atoms with Gasteiger partial charge in [0, 0.05) is 11.6 Å². The van der Waals surface area contributed by atoms with Gasteiger partial charge in [0.1, 0.15) is 5.75 Å². The monoisotopic (exact) mass is 320 g/mol. The van der Waals surface area contributed by atoms with Crippen LogP contribution in [-0.4, -0.2) is 15.2 Å². The van der Waals surface area contributed by atoms with Crippen molar-refractivity contribution in [3.8, 4) is 5.75 Å². The molecule has 0 saturated carbocycles. The van der Waals surface area contributed by atoms with Gasteiger partial charge in [-0.2, -0.15) is 0 Å². The lowest BCUT2D eigenvalue weighted by Gasteiger charge is -2.24. The average Bonchev–Trinajstić information content (AvgIpc) is 2.29. The molecular weight excluding hydrogens is 299 g/mol. The van der Waals surface area contributed by atoms with E-state index in [1.165, 1.54) is 6.42 Å². The van der Waals surface area contributed by atoms with Crippen LogP contribution in [0.5, 0.6) is 5.75 Å². The number of halogens is 2. The molecular formula is C14H22Cl2O2Si. The normalized spacial score (nSPS) is 11.9. The molecule has 0 atom stereocenters. The van der Waals surface area contributed by atoms with Crippen LogP contribution >= 0.6 is 23.2 Å². The Bertz CT molecular complexity index is 408. The first-order valence-electron chi connectivity index (χ1n) is 6.58. The molecule has 19 heavy (non-hydrogen) atoms. The SMILES string of the molecule is CC(C)CCCO[Si](C)(C)Oc1cc(Cl)ccc1Cl. The van der Waals surface area contributed by atoms with Gasteiger partial charge in [-0.25, -0.2) is 0 Å². The smallest absolute Gasteiger partial charge is 0.392 e. The molecule has 5 heteroatoms. The molecule has 0 amide bonds. The molecule has 0 unspecified atom stereocenters. The van der Waals surface area contributed by atoms with E-state index in [9.17, 15) is 0 Å². The molecule has 108 valence electrons. The average molecular weight is 321 g/mol. The summed E-state index contributed by atoms with van der Waals surface area (Å²) in [6.07, 6.45) is 2.23. The van der Waals surface area contributed by atoms with E-state index in [1.807, 2.05) is 13.1 Å². The van der Waals surface area contributed by atoms with Crippen LogP contribution in [0.15, 0.2) is 18.2 Å². The van der Waals surface area contributed by atoms with Crippen molar-refractivity contribution in [1.82, 2.24) is 0 Å². The predicted molar refractivity (Wildman–Crippen MR) is 84.6 cm³/mol. The summed E-state index contributed by atoms with van der Waals surface area (Å²) in [7, 11) is -2.21. The van der Waals surface area contributed by atoms with Crippen molar-refractivity contribution in [2.24, 2.45) is 5.92 Å². The molecule has 0 aliphatic heterocycles. The lowest BCUT2D eigenvalue weighted by molar-refractivity contribution is 0.237. The first kappa shape index (κ1) is 16.8. The van der Waals surface area contributed by atoms with Gasteiger partial charge < -0.3 is 8.85 Å². The van der Waals surface area contributed by atoms with Crippen molar-refractivity contribution in [2.45, 2.75) is 39.8 Å². The molecule has 0 heterocycles. The maximum atomic E-state index is 6.09. The van der Waals surface area contributed by atoms with E-state index in [0.717, 1.165) is 13.0 Å². The van der Waals surface area contributed by atoms with E-state index in [4.69, 9.17) is 32.1 Å². The molecule has 0 N–H and O–H groups in total. The zero-order valence-electron chi connectivity index (χ0n) is 12.0. The van der Waals surface area contributed by atoms with Gasteiger partial charge >= 0.3 is 8.56 Å². The Morgan fingerprint density at radius 3 is 2.53 bits per heavy atom. The largest absolute Gasteiger partial charge is 0.519 e. The van der Waals surface area contributed by atoms with E-state index >= 15 is 0 Å². The number of rotatable bonds is 7. The van der Waals surface area contributed by atoms with Gasteiger partial charge in [0.25, 0.3) is 0 Å². The highest BCUT2D eigenvalue weighted by Crippen LogP contribution is 2.30. The first-order valence-corrected chi connectivity index (χ1v) is 10.2. The lowest BCUT2D eigenvalue weighted by atomic mass is 10.1. The van der Waals surface area contributed by atoms with E-state index in [1.54, 1.807) is 18.2 Å². The highest BCUT2D eigenvalue weighted by Gasteiger charge is 2.27. The minimum absolute atomic E-state index is 0.566. The van der Waals surface area contributed by atoms with Crippen LogP contribution in [0.2, 0.25) is 23.1 Å². The Balaban J connectivity index is 2.51. The zero-order valence-corrected chi connectivity index (χ0v) is 14.5.